The van der Waals surface area contributed by atoms with Crippen molar-refractivity contribution >= 4 is 106 Å². The van der Waals surface area contributed by atoms with Crippen LogP contribution in [-0.4, -0.2) is 249 Å². The number of esters is 2. The molecular formula is C67H119N19O22. The zero-order valence-electron chi connectivity index (χ0n) is 63.4. The number of rotatable bonds is 25. The molecule has 0 saturated carbocycles. The highest BCUT2D eigenvalue weighted by atomic mass is 16.6. The van der Waals surface area contributed by atoms with Crippen LogP contribution in [0.2, 0.25) is 0 Å². The van der Waals surface area contributed by atoms with Gasteiger partial charge in [0, 0.05) is 6.42 Å². The summed E-state index contributed by atoms with van der Waals surface area (Å²) in [5.74, 6) is -17.4. The summed E-state index contributed by atoms with van der Waals surface area (Å²) < 4.78 is 10.9. The van der Waals surface area contributed by atoms with Crippen LogP contribution in [0.15, 0.2) is 9.98 Å². The minimum atomic E-state index is -1.69. The monoisotopic (exact) mass is 1540 g/mol. The molecule has 2 saturated heterocycles. The van der Waals surface area contributed by atoms with E-state index in [1.54, 1.807) is 55.4 Å². The number of guanidine groups is 2. The number of ether oxygens (including phenoxy) is 2. The van der Waals surface area contributed by atoms with E-state index < -0.39 is 241 Å². The molecule has 108 heavy (non-hydrogen) atoms. The van der Waals surface area contributed by atoms with Gasteiger partial charge < -0.3 is 127 Å². The quantitative estimate of drug-likeness (QED) is 0.0229. The van der Waals surface area contributed by atoms with E-state index in [1.807, 2.05) is 0 Å². The molecule has 0 aromatic carbocycles. The molecule has 26 N–H and O–H groups in total. The Morgan fingerprint density at radius 2 is 0.704 bits per heavy atom. The molecule has 0 radical (unpaired) electrons. The maximum Gasteiger partial charge on any atom is 0.328 e. The fourth-order valence-electron chi connectivity index (χ4n) is 10.3. The number of ketones is 1. The van der Waals surface area contributed by atoms with Gasteiger partial charge in [-0.2, -0.15) is 0 Å². The number of amides is 13. The molecular weight excluding hydrogens is 1420 g/mol. The van der Waals surface area contributed by atoms with Gasteiger partial charge in [-0.15, -0.1) is 0 Å². The minimum Gasteiger partial charge on any atom is -0.458 e. The summed E-state index contributed by atoms with van der Waals surface area (Å²) in [6, 6.07) is -17.8. The Labute approximate surface area is 628 Å². The van der Waals surface area contributed by atoms with Crippen molar-refractivity contribution in [1.82, 2.24) is 63.8 Å². The number of carbonyl (C=O) groups is 16. The molecule has 2 fully saturated rings. The summed E-state index contributed by atoms with van der Waals surface area (Å²) in [4.78, 5) is 220. The van der Waals surface area contributed by atoms with Gasteiger partial charge in [-0.3, -0.25) is 72.3 Å². The van der Waals surface area contributed by atoms with E-state index in [1.165, 1.54) is 48.5 Å². The Hall–Kier alpha value is -9.90. The lowest BCUT2D eigenvalue weighted by molar-refractivity contribution is -0.156. The second-order valence-electron chi connectivity index (χ2n) is 27.1. The van der Waals surface area contributed by atoms with E-state index >= 15 is 0 Å². The van der Waals surface area contributed by atoms with Crippen LogP contribution in [0.25, 0.3) is 0 Å². The number of primary amides is 1. The van der Waals surface area contributed by atoms with Crippen molar-refractivity contribution in [2.75, 3.05) is 13.1 Å². The van der Waals surface area contributed by atoms with Gasteiger partial charge in [0.05, 0.1) is 56.8 Å². The Balaban J connectivity index is 0.00000210. The molecule has 0 aromatic heterocycles. The summed E-state index contributed by atoms with van der Waals surface area (Å²) in [5.41, 5.74) is 26.4. The van der Waals surface area contributed by atoms with Crippen LogP contribution < -0.4 is 92.5 Å². The Bertz CT molecular complexity index is 3170. The fraction of sp³-hybridized carbons (Fsp3) is 0.731. The largest absolute Gasteiger partial charge is 0.458 e. The van der Waals surface area contributed by atoms with Gasteiger partial charge in [-0.05, 0) is 78.6 Å². The number of hydrogen-bond acceptors (Lipinski definition) is 24. The van der Waals surface area contributed by atoms with Crippen molar-refractivity contribution in [3.63, 3.8) is 0 Å². The number of carbonyl (C=O) groups excluding carboxylic acids is 16. The third kappa shape index (κ3) is 33.5. The summed E-state index contributed by atoms with van der Waals surface area (Å²) in [6.07, 6.45) is -9.49. The maximum absolute atomic E-state index is 13.9. The van der Waals surface area contributed by atoms with E-state index in [2.05, 4.69) is 73.8 Å². The fourth-order valence-corrected chi connectivity index (χ4v) is 10.3. The standard InChI is InChI=1S/C34H59N9O11.C32H56N10O11.CH4/c1-9-15(3)24-29(49)41-25(16(4)10-2)30(50)43-26(19(7)45)31(51)39-22(12-11-17(5)44)28(48)38-18(6)33(53)54-20(8)27(32(52)42-24)40-23(47)13-21(46)14-37-34(35)36;1-8-13(3)22-27(48)40-23(14(4)9-2)28(49)42-24(16(6)43)29(50)38-19(11-20(33)45)26(47)37-15(5)31(52)53-17(7)25(30(51)41-22)39-21(46)10-18(44)12-36-32(34)35;/h15-16,18-22,24-27,45-46H,9-14H2,1-8H3,(H,38,48)(H,39,51)(H,40,47)(H,41,49)(H,42,52)(H,43,50)(H4,35,36,37);13-19,22-25,43-44H,8-12H2,1-7H3,(H2,33,45)(H,37,47)(H,38,50)(H,39,46)(H,40,48)(H,41,51)(H,42,49)(H4,34,35,36);1H4. The smallest absolute Gasteiger partial charge is 0.328 e. The topological polar surface area (TPSA) is 672 Å². The Morgan fingerprint density at radius 3 is 0.981 bits per heavy atom. The first-order valence-electron chi connectivity index (χ1n) is 35.4. The van der Waals surface area contributed by atoms with Crippen LogP contribution in [0.1, 0.15) is 169 Å². The first kappa shape index (κ1) is 98.1. The van der Waals surface area contributed by atoms with E-state index in [4.69, 9.17) is 38.1 Å². The van der Waals surface area contributed by atoms with Crippen molar-refractivity contribution in [3.05, 3.63) is 0 Å². The van der Waals surface area contributed by atoms with Gasteiger partial charge in [-0.25, -0.2) is 9.59 Å². The number of hydrogen-bond donors (Lipinski definition) is 21. The van der Waals surface area contributed by atoms with Crippen molar-refractivity contribution in [3.8, 4) is 0 Å². The number of Topliss-reactive ketones (excluding diaryl/α,β-unsaturated/α-hetero) is 1. The van der Waals surface area contributed by atoms with Crippen molar-refractivity contribution in [2.24, 2.45) is 62.3 Å². The number of nitrogens with one attached hydrogen (secondary N) is 12. The summed E-state index contributed by atoms with van der Waals surface area (Å²) in [7, 11) is 0. The predicted octanol–water partition coefficient (Wildman–Crippen LogP) is -7.40. The van der Waals surface area contributed by atoms with E-state index in [-0.39, 0.29) is 51.1 Å². The van der Waals surface area contributed by atoms with Crippen LogP contribution in [0, 0.1) is 23.7 Å². The van der Waals surface area contributed by atoms with Crippen LogP contribution in [0.4, 0.5) is 0 Å². The average molecular weight is 1540 g/mol. The molecule has 0 bridgehead atoms. The van der Waals surface area contributed by atoms with Crippen LogP contribution in [0.5, 0.6) is 0 Å². The zero-order chi connectivity index (χ0) is 82.2. The molecule has 13 amide bonds. The lowest BCUT2D eigenvalue weighted by Crippen LogP contribution is -2.63. The highest BCUT2D eigenvalue weighted by Crippen LogP contribution is 2.18. The first-order valence-corrected chi connectivity index (χ1v) is 35.4. The number of nitrogens with zero attached hydrogens (tertiary/aromatic N) is 2. The van der Waals surface area contributed by atoms with Gasteiger partial charge in [0.1, 0.15) is 90.5 Å². The first-order chi connectivity index (χ1) is 49.7. The molecule has 41 heteroatoms. The second-order valence-corrected chi connectivity index (χ2v) is 27.1. The molecule has 22 atom stereocenters. The highest BCUT2D eigenvalue weighted by molar-refractivity contribution is 6.00. The third-order valence-electron chi connectivity index (χ3n) is 17.7. The lowest BCUT2D eigenvalue weighted by atomic mass is 9.94. The normalized spacial score (nSPS) is 27.2. The molecule has 2 aliphatic rings. The Morgan fingerprint density at radius 1 is 0.426 bits per heavy atom. The molecule has 0 aromatic rings. The second kappa shape index (κ2) is 47.7. The van der Waals surface area contributed by atoms with Gasteiger partial charge in [-0.1, -0.05) is 88.5 Å². The molecule has 2 heterocycles. The molecule has 0 aliphatic carbocycles. The molecule has 0 spiro atoms. The number of aliphatic imine (C=N–C) groups is 2. The maximum atomic E-state index is 13.9. The van der Waals surface area contributed by atoms with Crippen LogP contribution >= 0.6 is 0 Å². The van der Waals surface area contributed by atoms with Gasteiger partial charge >= 0.3 is 11.9 Å². The van der Waals surface area contributed by atoms with Crippen molar-refractivity contribution < 1.29 is 107 Å². The number of cyclic esters (lactones) is 2. The number of aliphatic hydroxyl groups excluding tert-OH is 4. The predicted molar refractivity (Wildman–Crippen MR) is 390 cm³/mol. The van der Waals surface area contributed by atoms with E-state index in [9.17, 15) is 97.1 Å². The van der Waals surface area contributed by atoms with Crippen LogP contribution in [0.3, 0.4) is 0 Å². The summed E-state index contributed by atoms with van der Waals surface area (Å²) >= 11 is 0. The average Bonchev–Trinajstić information content (AvgIpc) is 1.05. The molecule has 22 unspecified atom stereocenters. The summed E-state index contributed by atoms with van der Waals surface area (Å²) in [6.45, 7) is 21.6. The molecule has 41 nitrogen and oxygen atoms in total. The highest BCUT2D eigenvalue weighted by Gasteiger charge is 2.43. The Kier molecular flexibility index (Phi) is 43.3. The molecule has 2 rings (SSSR count). The van der Waals surface area contributed by atoms with E-state index in [0.717, 1.165) is 0 Å². The lowest BCUT2D eigenvalue weighted by Gasteiger charge is -2.32. The molecule has 2 aliphatic heterocycles. The minimum absolute atomic E-state index is 0. The SMILES string of the molecule is C.CCC(C)C1NC(=O)C(C(C)CC)NC(=O)C(NC(=O)CC(O)CN=C(N)N)C(C)OC(=O)C(C)NC(=O)C(CC(N)=O)NC(=O)C(C(C)O)NC1=O.CCC(C)C1NC(=O)C(C(C)CC)NC(=O)C(NC(=O)CC(O)CN=C(N)N)C(C)OC(=O)C(C)NC(=O)C(CCC(C)=O)NC(=O)C(C(C)O)NC1=O. The van der Waals surface area contributed by atoms with E-state index in [0.29, 0.717) is 25.7 Å². The van der Waals surface area contributed by atoms with Crippen molar-refractivity contribution in [2.45, 2.75) is 278 Å². The van der Waals surface area contributed by atoms with Crippen molar-refractivity contribution in [1.29, 1.82) is 0 Å². The molecule has 614 valence electrons. The van der Waals surface area contributed by atoms with Gasteiger partial charge in [0.15, 0.2) is 11.9 Å². The zero-order valence-corrected chi connectivity index (χ0v) is 63.4. The van der Waals surface area contributed by atoms with Gasteiger partial charge in [0.25, 0.3) is 0 Å². The summed E-state index contributed by atoms with van der Waals surface area (Å²) in [5, 5.41) is 70.9. The number of aliphatic hydroxyl groups is 4. The third-order valence-corrected chi connectivity index (χ3v) is 17.7. The number of nitrogens with two attached hydrogens (primary N) is 5. The van der Waals surface area contributed by atoms with Crippen LogP contribution in [-0.2, 0) is 86.2 Å². The van der Waals surface area contributed by atoms with Gasteiger partial charge in [0.2, 0.25) is 76.8 Å².